The molecule has 1 aliphatic rings. The van der Waals surface area contributed by atoms with Gasteiger partial charge in [-0.15, -0.1) is 0 Å². The van der Waals surface area contributed by atoms with Crippen molar-refractivity contribution >= 4 is 11.6 Å². The van der Waals surface area contributed by atoms with Crippen molar-refractivity contribution in [3.05, 3.63) is 24.3 Å². The molecule has 0 bridgehead atoms. The van der Waals surface area contributed by atoms with Gasteiger partial charge in [-0.25, -0.2) is 0 Å². The first-order valence-electron chi connectivity index (χ1n) is 6.52. The van der Waals surface area contributed by atoms with Crippen molar-refractivity contribution in [1.29, 1.82) is 0 Å². The van der Waals surface area contributed by atoms with Crippen LogP contribution in [0, 0.1) is 0 Å². The number of amides is 1. The van der Waals surface area contributed by atoms with E-state index in [1.165, 1.54) is 0 Å². The Labute approximate surface area is 113 Å². The van der Waals surface area contributed by atoms with Gasteiger partial charge in [-0.2, -0.15) is 0 Å². The number of anilines is 1. The van der Waals surface area contributed by atoms with Gasteiger partial charge in [0, 0.05) is 18.3 Å². The van der Waals surface area contributed by atoms with Crippen LogP contribution in [0.4, 0.5) is 5.69 Å². The van der Waals surface area contributed by atoms with Crippen LogP contribution in [-0.2, 0) is 9.53 Å². The highest BCUT2D eigenvalue weighted by atomic mass is 16.5. The van der Waals surface area contributed by atoms with Gasteiger partial charge < -0.3 is 20.1 Å². The molecule has 1 fully saturated rings. The van der Waals surface area contributed by atoms with Crippen LogP contribution in [0.3, 0.4) is 0 Å². The molecule has 0 radical (unpaired) electrons. The first kappa shape index (κ1) is 13.7. The fourth-order valence-corrected chi connectivity index (χ4v) is 2.10. The molecular formula is C14H20N2O3. The van der Waals surface area contributed by atoms with Crippen molar-refractivity contribution in [2.24, 2.45) is 0 Å². The molecular weight excluding hydrogens is 244 g/mol. The number of morpholine rings is 1. The van der Waals surface area contributed by atoms with Crippen molar-refractivity contribution in [3.8, 4) is 5.75 Å². The van der Waals surface area contributed by atoms with E-state index < -0.39 is 0 Å². The minimum absolute atomic E-state index is 0.111. The van der Waals surface area contributed by atoms with Gasteiger partial charge in [0.05, 0.1) is 32.3 Å². The normalized spacial score (nSPS) is 19.2. The highest BCUT2D eigenvalue weighted by Crippen LogP contribution is 2.15. The number of carbonyl (C=O) groups is 1. The van der Waals surface area contributed by atoms with Crippen molar-refractivity contribution in [2.75, 3.05) is 32.1 Å². The molecule has 2 N–H and O–H groups in total. The predicted molar refractivity (Wildman–Crippen MR) is 73.0 cm³/mol. The van der Waals surface area contributed by atoms with Crippen LogP contribution >= 0.6 is 0 Å². The number of nitrogens with two attached hydrogens (primary N) is 1. The van der Waals surface area contributed by atoms with E-state index in [1.54, 1.807) is 12.1 Å². The molecule has 0 aromatic heterocycles. The molecule has 2 rings (SSSR count). The minimum atomic E-state index is 0.111. The molecule has 104 valence electrons. The van der Waals surface area contributed by atoms with Crippen LogP contribution in [0.25, 0.3) is 0 Å². The lowest BCUT2D eigenvalue weighted by Gasteiger charge is -2.33. The zero-order valence-corrected chi connectivity index (χ0v) is 11.2. The summed E-state index contributed by atoms with van der Waals surface area (Å²) in [6, 6.07) is 7.36. The molecule has 0 aliphatic carbocycles. The third-order valence-electron chi connectivity index (χ3n) is 3.13. The number of hydrogen-bond acceptors (Lipinski definition) is 4. The Morgan fingerprint density at radius 1 is 1.58 bits per heavy atom. The van der Waals surface area contributed by atoms with E-state index in [-0.39, 0.29) is 11.9 Å². The lowest BCUT2D eigenvalue weighted by molar-refractivity contribution is -0.139. The molecule has 1 heterocycles. The van der Waals surface area contributed by atoms with E-state index in [0.717, 1.165) is 0 Å². The highest BCUT2D eigenvalue weighted by Gasteiger charge is 2.23. The number of ether oxygens (including phenoxy) is 2. The Morgan fingerprint density at radius 3 is 3.16 bits per heavy atom. The summed E-state index contributed by atoms with van der Waals surface area (Å²) in [5.41, 5.74) is 6.31. The fraction of sp³-hybridized carbons (Fsp3) is 0.500. The lowest BCUT2D eigenvalue weighted by Crippen LogP contribution is -2.47. The van der Waals surface area contributed by atoms with Gasteiger partial charge >= 0.3 is 0 Å². The molecule has 5 heteroatoms. The fourth-order valence-electron chi connectivity index (χ4n) is 2.10. The molecule has 0 spiro atoms. The molecule has 1 aromatic carbocycles. The summed E-state index contributed by atoms with van der Waals surface area (Å²) in [6.45, 7) is 4.26. The van der Waals surface area contributed by atoms with Gasteiger partial charge in [0.15, 0.2) is 0 Å². The standard InChI is InChI=1S/C14H20N2O3/c1-11-10-18-8-6-16(11)14(17)5-7-19-13-4-2-3-12(15)9-13/h2-4,9,11H,5-8,10,15H2,1H3/t11-/m1/s1. The second kappa shape index (κ2) is 6.43. The molecule has 1 aliphatic heterocycles. The Balaban J connectivity index is 1.77. The minimum Gasteiger partial charge on any atom is -0.493 e. The van der Waals surface area contributed by atoms with Gasteiger partial charge in [0.2, 0.25) is 5.91 Å². The average molecular weight is 264 g/mol. The van der Waals surface area contributed by atoms with Crippen LogP contribution in [-0.4, -0.2) is 43.2 Å². The monoisotopic (exact) mass is 264 g/mol. The Kier molecular flexibility index (Phi) is 4.63. The highest BCUT2D eigenvalue weighted by molar-refractivity contribution is 5.76. The van der Waals surface area contributed by atoms with E-state index in [1.807, 2.05) is 24.0 Å². The lowest BCUT2D eigenvalue weighted by atomic mass is 10.2. The summed E-state index contributed by atoms with van der Waals surface area (Å²) < 4.78 is 10.8. The maximum atomic E-state index is 12.0. The van der Waals surface area contributed by atoms with Gasteiger partial charge in [0.1, 0.15) is 5.75 Å². The summed E-state index contributed by atoms with van der Waals surface area (Å²) in [5.74, 6) is 0.808. The molecule has 5 nitrogen and oxygen atoms in total. The Hall–Kier alpha value is -1.75. The first-order valence-corrected chi connectivity index (χ1v) is 6.52. The smallest absolute Gasteiger partial charge is 0.226 e. The quantitative estimate of drug-likeness (QED) is 0.832. The largest absolute Gasteiger partial charge is 0.493 e. The van der Waals surface area contributed by atoms with E-state index in [0.29, 0.717) is 44.2 Å². The number of benzene rings is 1. The van der Waals surface area contributed by atoms with Crippen molar-refractivity contribution < 1.29 is 14.3 Å². The SMILES string of the molecule is C[C@@H]1COCCN1C(=O)CCOc1cccc(N)c1. The van der Waals surface area contributed by atoms with E-state index in [4.69, 9.17) is 15.2 Å². The van der Waals surface area contributed by atoms with Crippen molar-refractivity contribution in [2.45, 2.75) is 19.4 Å². The Bertz CT molecular complexity index is 436. The molecule has 19 heavy (non-hydrogen) atoms. The Morgan fingerprint density at radius 2 is 2.42 bits per heavy atom. The molecule has 1 saturated heterocycles. The molecule has 1 amide bonds. The molecule has 0 saturated carbocycles. The molecule has 0 unspecified atom stereocenters. The number of nitrogens with zero attached hydrogens (tertiary/aromatic N) is 1. The van der Waals surface area contributed by atoms with E-state index in [2.05, 4.69) is 0 Å². The maximum Gasteiger partial charge on any atom is 0.226 e. The van der Waals surface area contributed by atoms with Gasteiger partial charge in [-0.3, -0.25) is 4.79 Å². The maximum absolute atomic E-state index is 12.0. The van der Waals surface area contributed by atoms with Gasteiger partial charge in [-0.05, 0) is 19.1 Å². The van der Waals surface area contributed by atoms with Crippen LogP contribution in [0.5, 0.6) is 5.75 Å². The van der Waals surface area contributed by atoms with Crippen molar-refractivity contribution in [3.63, 3.8) is 0 Å². The molecule has 1 aromatic rings. The summed E-state index contributed by atoms with van der Waals surface area (Å²) >= 11 is 0. The zero-order chi connectivity index (χ0) is 13.7. The first-order chi connectivity index (χ1) is 9.16. The van der Waals surface area contributed by atoms with Crippen molar-refractivity contribution in [1.82, 2.24) is 4.90 Å². The van der Waals surface area contributed by atoms with Crippen LogP contribution in [0.2, 0.25) is 0 Å². The third-order valence-corrected chi connectivity index (χ3v) is 3.13. The van der Waals surface area contributed by atoms with Crippen LogP contribution < -0.4 is 10.5 Å². The summed E-state index contributed by atoms with van der Waals surface area (Å²) in [7, 11) is 0. The van der Waals surface area contributed by atoms with E-state index in [9.17, 15) is 4.79 Å². The summed E-state index contributed by atoms with van der Waals surface area (Å²) in [6.07, 6.45) is 0.374. The summed E-state index contributed by atoms with van der Waals surface area (Å²) in [5, 5.41) is 0. The zero-order valence-electron chi connectivity index (χ0n) is 11.2. The number of hydrogen-bond donors (Lipinski definition) is 1. The third kappa shape index (κ3) is 3.86. The number of nitrogen functional groups attached to an aromatic ring is 1. The van der Waals surface area contributed by atoms with Crippen LogP contribution in [0.1, 0.15) is 13.3 Å². The van der Waals surface area contributed by atoms with E-state index >= 15 is 0 Å². The number of rotatable bonds is 4. The predicted octanol–water partition coefficient (Wildman–Crippen LogP) is 1.28. The number of carbonyl (C=O) groups excluding carboxylic acids is 1. The second-order valence-electron chi connectivity index (χ2n) is 4.68. The molecule has 1 atom stereocenters. The van der Waals surface area contributed by atoms with Gasteiger partial charge in [0.25, 0.3) is 0 Å². The van der Waals surface area contributed by atoms with Crippen LogP contribution in [0.15, 0.2) is 24.3 Å². The summed E-state index contributed by atoms with van der Waals surface area (Å²) in [4.78, 5) is 13.9. The van der Waals surface area contributed by atoms with Gasteiger partial charge in [-0.1, -0.05) is 6.07 Å². The second-order valence-corrected chi connectivity index (χ2v) is 4.68. The average Bonchev–Trinajstić information content (AvgIpc) is 2.39. The topological polar surface area (TPSA) is 64.8 Å².